The van der Waals surface area contributed by atoms with Crippen molar-refractivity contribution in [2.75, 3.05) is 0 Å². The van der Waals surface area contributed by atoms with E-state index in [-0.39, 0.29) is 18.5 Å². The van der Waals surface area contributed by atoms with Crippen LogP contribution in [0.4, 0.5) is 0 Å². The van der Waals surface area contributed by atoms with E-state index in [2.05, 4.69) is 63.1 Å². The van der Waals surface area contributed by atoms with E-state index in [0.717, 1.165) is 36.2 Å². The third kappa shape index (κ3) is 3.53. The number of ether oxygens (including phenoxy) is 1. The van der Waals surface area contributed by atoms with Gasteiger partial charge < -0.3 is 9.30 Å². The Balaban J connectivity index is 0.00000180. The van der Waals surface area contributed by atoms with Gasteiger partial charge in [0.25, 0.3) is 0 Å². The number of nitrogens with zero attached hydrogens (tertiary/aromatic N) is 3. The number of aromatic nitrogens is 3. The normalized spacial score (nSPS) is 15.2. The molecule has 4 aromatic rings. The molecule has 0 saturated carbocycles. The number of hydrogen-bond acceptors (Lipinski definition) is 3. The average Bonchev–Trinajstić information content (AvgIpc) is 3.26. The second-order valence-electron chi connectivity index (χ2n) is 6.81. The number of imidazole rings is 1. The molecule has 5 heteroatoms. The Labute approximate surface area is 164 Å². The molecule has 136 valence electrons. The summed E-state index contributed by atoms with van der Waals surface area (Å²) in [6.07, 6.45) is 7.53. The summed E-state index contributed by atoms with van der Waals surface area (Å²) < 4.78 is 8.29. The third-order valence-electron chi connectivity index (χ3n) is 4.94. The molecular weight excluding hydrogens is 358 g/mol. The molecule has 0 fully saturated rings. The highest BCUT2D eigenvalue weighted by molar-refractivity contribution is 5.85. The first-order valence-corrected chi connectivity index (χ1v) is 8.92. The summed E-state index contributed by atoms with van der Waals surface area (Å²) in [5.74, 6) is 1.01. The molecule has 1 atom stereocenters. The minimum absolute atomic E-state index is 0. The number of pyridine rings is 1. The van der Waals surface area contributed by atoms with Crippen molar-refractivity contribution in [3.8, 4) is 5.75 Å². The average molecular weight is 378 g/mol. The van der Waals surface area contributed by atoms with Gasteiger partial charge in [0.1, 0.15) is 11.9 Å². The van der Waals surface area contributed by atoms with Crippen molar-refractivity contribution in [2.24, 2.45) is 0 Å². The number of hydrogen-bond donors (Lipinski definition) is 0. The van der Waals surface area contributed by atoms with Crippen molar-refractivity contribution in [1.82, 2.24) is 14.5 Å². The smallest absolute Gasteiger partial charge is 0.123 e. The second-order valence-corrected chi connectivity index (χ2v) is 6.81. The summed E-state index contributed by atoms with van der Waals surface area (Å²) in [5.41, 5.74) is 5.99. The highest BCUT2D eigenvalue weighted by Gasteiger charge is 2.24. The van der Waals surface area contributed by atoms with Crippen LogP contribution in [0.25, 0.3) is 11.0 Å². The van der Waals surface area contributed by atoms with Gasteiger partial charge in [0.2, 0.25) is 0 Å². The molecule has 1 unspecified atom stereocenters. The maximum atomic E-state index is 6.17. The van der Waals surface area contributed by atoms with Crippen LogP contribution in [0.1, 0.15) is 16.7 Å². The van der Waals surface area contributed by atoms with Crippen molar-refractivity contribution in [3.63, 3.8) is 0 Å². The fourth-order valence-electron chi connectivity index (χ4n) is 3.69. The Kier molecular flexibility index (Phi) is 4.82. The zero-order valence-electron chi connectivity index (χ0n) is 14.8. The van der Waals surface area contributed by atoms with Gasteiger partial charge in [-0.25, -0.2) is 4.98 Å². The van der Waals surface area contributed by atoms with Crippen LogP contribution in [0.2, 0.25) is 0 Å². The molecule has 0 aliphatic carbocycles. The van der Waals surface area contributed by atoms with Gasteiger partial charge in [-0.15, -0.1) is 12.4 Å². The van der Waals surface area contributed by atoms with Crippen LogP contribution in [0, 0.1) is 0 Å². The van der Waals surface area contributed by atoms with Gasteiger partial charge in [0.05, 0.1) is 30.1 Å². The SMILES string of the molecule is Cl.c1ccc(Cc2ccc3c(c2)CC(Cn2cnc4ccncc42)O3)cc1. The lowest BCUT2D eigenvalue weighted by Gasteiger charge is -2.11. The number of rotatable bonds is 4. The second kappa shape index (κ2) is 7.41. The van der Waals surface area contributed by atoms with Gasteiger partial charge in [-0.3, -0.25) is 4.98 Å². The van der Waals surface area contributed by atoms with Gasteiger partial charge in [-0.05, 0) is 35.2 Å². The van der Waals surface area contributed by atoms with Gasteiger partial charge in [-0.1, -0.05) is 42.5 Å². The van der Waals surface area contributed by atoms with Gasteiger partial charge in [0.15, 0.2) is 0 Å². The lowest BCUT2D eigenvalue weighted by molar-refractivity contribution is 0.211. The summed E-state index contributed by atoms with van der Waals surface area (Å²) >= 11 is 0. The van der Waals surface area contributed by atoms with E-state index >= 15 is 0 Å². The molecule has 0 spiro atoms. The lowest BCUT2D eigenvalue weighted by atomic mass is 10.0. The number of benzene rings is 2. The monoisotopic (exact) mass is 377 g/mol. The van der Waals surface area contributed by atoms with Crippen LogP contribution >= 0.6 is 12.4 Å². The molecule has 3 heterocycles. The van der Waals surface area contributed by atoms with E-state index in [0.29, 0.717) is 0 Å². The third-order valence-corrected chi connectivity index (χ3v) is 4.94. The number of halogens is 1. The Bertz CT molecular complexity index is 1060. The van der Waals surface area contributed by atoms with Crippen molar-refractivity contribution in [3.05, 3.63) is 90.0 Å². The summed E-state index contributed by atoms with van der Waals surface area (Å²) in [4.78, 5) is 8.65. The molecule has 0 radical (unpaired) electrons. The van der Waals surface area contributed by atoms with Crippen LogP contribution in [-0.2, 0) is 19.4 Å². The molecule has 0 bridgehead atoms. The van der Waals surface area contributed by atoms with Gasteiger partial charge >= 0.3 is 0 Å². The van der Waals surface area contributed by atoms with E-state index in [4.69, 9.17) is 4.74 Å². The molecule has 5 rings (SSSR count). The van der Waals surface area contributed by atoms with E-state index in [1.54, 1.807) is 6.20 Å². The molecule has 1 aliphatic rings. The Morgan fingerprint density at radius 3 is 2.81 bits per heavy atom. The minimum atomic E-state index is 0. The summed E-state index contributed by atoms with van der Waals surface area (Å²) in [6, 6.07) is 19.1. The first kappa shape index (κ1) is 17.6. The van der Waals surface area contributed by atoms with Crippen LogP contribution in [0.3, 0.4) is 0 Å². The van der Waals surface area contributed by atoms with E-state index in [9.17, 15) is 0 Å². The Hall–Kier alpha value is -2.85. The predicted molar refractivity (Wildman–Crippen MR) is 109 cm³/mol. The van der Waals surface area contributed by atoms with E-state index < -0.39 is 0 Å². The Morgan fingerprint density at radius 2 is 1.93 bits per heavy atom. The molecular formula is C22H20ClN3O. The van der Waals surface area contributed by atoms with Gasteiger partial charge in [-0.2, -0.15) is 0 Å². The zero-order valence-corrected chi connectivity index (χ0v) is 15.6. The highest BCUT2D eigenvalue weighted by Crippen LogP contribution is 2.31. The molecule has 0 amide bonds. The predicted octanol–water partition coefficient (Wildman–Crippen LogP) is 4.45. The molecule has 2 aromatic heterocycles. The van der Waals surface area contributed by atoms with Crippen molar-refractivity contribution in [1.29, 1.82) is 0 Å². The standard InChI is InChI=1S/C22H19N3O.ClH/c1-2-4-16(5-3-1)10-17-6-7-22-18(11-17)12-19(26-22)14-25-15-24-20-8-9-23-13-21(20)25;/h1-9,11,13,15,19H,10,12,14H2;1H. The van der Waals surface area contributed by atoms with E-state index in [1.807, 2.05) is 18.6 Å². The topological polar surface area (TPSA) is 39.9 Å². The first-order valence-electron chi connectivity index (χ1n) is 8.92. The van der Waals surface area contributed by atoms with Crippen LogP contribution < -0.4 is 4.74 Å². The summed E-state index contributed by atoms with van der Waals surface area (Å²) in [7, 11) is 0. The van der Waals surface area contributed by atoms with Crippen molar-refractivity contribution in [2.45, 2.75) is 25.5 Å². The van der Waals surface area contributed by atoms with Crippen LogP contribution in [0.15, 0.2) is 73.3 Å². The highest BCUT2D eigenvalue weighted by atomic mass is 35.5. The Morgan fingerprint density at radius 1 is 1.04 bits per heavy atom. The fraction of sp³-hybridized carbons (Fsp3) is 0.182. The first-order chi connectivity index (χ1) is 12.8. The molecule has 4 nitrogen and oxygen atoms in total. The van der Waals surface area contributed by atoms with Crippen LogP contribution in [0.5, 0.6) is 5.75 Å². The fourth-order valence-corrected chi connectivity index (χ4v) is 3.69. The molecule has 1 aliphatic heterocycles. The maximum absolute atomic E-state index is 6.17. The maximum Gasteiger partial charge on any atom is 0.123 e. The number of fused-ring (bicyclic) bond motifs is 2. The molecule has 0 N–H and O–H groups in total. The van der Waals surface area contributed by atoms with Crippen LogP contribution in [-0.4, -0.2) is 20.6 Å². The molecule has 2 aromatic carbocycles. The van der Waals surface area contributed by atoms with Crippen molar-refractivity contribution < 1.29 is 4.74 Å². The summed E-state index contributed by atoms with van der Waals surface area (Å²) in [5, 5.41) is 0. The largest absolute Gasteiger partial charge is 0.488 e. The quantitative estimate of drug-likeness (QED) is 0.527. The van der Waals surface area contributed by atoms with E-state index in [1.165, 1.54) is 16.7 Å². The lowest BCUT2D eigenvalue weighted by Crippen LogP contribution is -2.20. The van der Waals surface area contributed by atoms with Gasteiger partial charge in [0, 0.05) is 12.6 Å². The zero-order chi connectivity index (χ0) is 17.3. The minimum Gasteiger partial charge on any atom is -0.488 e. The summed E-state index contributed by atoms with van der Waals surface area (Å²) in [6.45, 7) is 0.783. The molecule has 0 saturated heterocycles. The van der Waals surface area contributed by atoms with Crippen molar-refractivity contribution >= 4 is 23.4 Å². The molecule has 27 heavy (non-hydrogen) atoms.